The van der Waals surface area contributed by atoms with E-state index in [2.05, 4.69) is 25.4 Å². The number of primary amides is 1. The van der Waals surface area contributed by atoms with Crippen molar-refractivity contribution >= 4 is 23.0 Å². The van der Waals surface area contributed by atoms with Crippen molar-refractivity contribution in [3.8, 4) is 0 Å². The third kappa shape index (κ3) is 1.23. The highest BCUT2D eigenvalue weighted by Crippen LogP contribution is 2.08. The fourth-order valence-corrected chi connectivity index (χ4v) is 0.994. The number of H-pyrrole nitrogens is 1. The standard InChI is InChI=1S/C6H7N7O/c7-3(14)5-10-2-1-9-6(13-8)12-4(2)11-5/h1H,8H2,(H2,7,14)(H2,9,10,11,12,13). The first kappa shape index (κ1) is 8.38. The number of nitrogens with zero attached hydrogens (tertiary/aromatic N) is 3. The van der Waals surface area contributed by atoms with Crippen molar-refractivity contribution in [2.45, 2.75) is 0 Å². The number of carbonyl (C=O) groups is 1. The van der Waals surface area contributed by atoms with Gasteiger partial charge in [-0.25, -0.2) is 15.8 Å². The number of rotatable bonds is 2. The van der Waals surface area contributed by atoms with Crippen LogP contribution in [0.1, 0.15) is 10.6 Å². The van der Waals surface area contributed by atoms with Gasteiger partial charge in [-0.2, -0.15) is 4.98 Å². The van der Waals surface area contributed by atoms with E-state index in [0.717, 1.165) is 0 Å². The predicted octanol–water partition coefficient (Wildman–Crippen LogP) is -1.26. The maximum Gasteiger partial charge on any atom is 0.284 e. The average Bonchev–Trinajstić information content (AvgIpc) is 2.59. The summed E-state index contributed by atoms with van der Waals surface area (Å²) in [6.45, 7) is 0. The Morgan fingerprint density at radius 3 is 2.93 bits per heavy atom. The van der Waals surface area contributed by atoms with Crippen molar-refractivity contribution in [1.29, 1.82) is 0 Å². The summed E-state index contributed by atoms with van der Waals surface area (Å²) >= 11 is 0. The largest absolute Gasteiger partial charge is 0.363 e. The zero-order chi connectivity index (χ0) is 10.1. The number of hydrazine groups is 1. The van der Waals surface area contributed by atoms with Gasteiger partial charge in [0.05, 0.1) is 6.20 Å². The number of anilines is 1. The van der Waals surface area contributed by atoms with Gasteiger partial charge in [0.2, 0.25) is 5.95 Å². The summed E-state index contributed by atoms with van der Waals surface area (Å²) < 4.78 is 0. The Hall–Kier alpha value is -2.22. The van der Waals surface area contributed by atoms with Gasteiger partial charge < -0.3 is 10.7 Å². The minimum atomic E-state index is -0.648. The van der Waals surface area contributed by atoms with E-state index in [1.807, 2.05) is 0 Å². The third-order valence-electron chi connectivity index (χ3n) is 1.60. The second-order valence-electron chi connectivity index (χ2n) is 2.52. The molecule has 0 radical (unpaired) electrons. The molecule has 0 bridgehead atoms. The quantitative estimate of drug-likeness (QED) is 0.347. The topological polar surface area (TPSA) is 136 Å². The molecule has 2 aromatic heterocycles. The number of nitrogens with one attached hydrogen (secondary N) is 2. The van der Waals surface area contributed by atoms with Crippen molar-refractivity contribution in [1.82, 2.24) is 19.9 Å². The molecule has 0 saturated heterocycles. The Kier molecular flexibility index (Phi) is 1.75. The number of fused-ring (bicyclic) bond motifs is 1. The molecule has 0 atom stereocenters. The number of nitrogens with two attached hydrogens (primary N) is 2. The smallest absolute Gasteiger partial charge is 0.284 e. The maximum absolute atomic E-state index is 10.8. The van der Waals surface area contributed by atoms with Crippen molar-refractivity contribution < 1.29 is 4.79 Å². The van der Waals surface area contributed by atoms with Crippen LogP contribution in [0, 0.1) is 0 Å². The monoisotopic (exact) mass is 193 g/mol. The van der Waals surface area contributed by atoms with E-state index in [4.69, 9.17) is 11.6 Å². The van der Waals surface area contributed by atoms with Crippen molar-refractivity contribution in [2.24, 2.45) is 11.6 Å². The molecule has 0 aliphatic rings. The van der Waals surface area contributed by atoms with Crippen molar-refractivity contribution in [3.63, 3.8) is 0 Å². The number of aromatic amines is 1. The minimum Gasteiger partial charge on any atom is -0.363 e. The van der Waals surface area contributed by atoms with Crippen LogP contribution in [0.5, 0.6) is 0 Å². The average molecular weight is 193 g/mol. The van der Waals surface area contributed by atoms with Crippen LogP contribution in [0.2, 0.25) is 0 Å². The van der Waals surface area contributed by atoms with Gasteiger partial charge in [0, 0.05) is 0 Å². The molecule has 14 heavy (non-hydrogen) atoms. The summed E-state index contributed by atoms with van der Waals surface area (Å²) in [5.41, 5.74) is 8.15. The Morgan fingerprint density at radius 1 is 1.50 bits per heavy atom. The van der Waals surface area contributed by atoms with E-state index in [1.54, 1.807) is 0 Å². The molecule has 2 heterocycles. The highest BCUT2D eigenvalue weighted by molar-refractivity contribution is 5.92. The number of carbonyl (C=O) groups excluding carboxylic acids is 1. The molecule has 6 N–H and O–H groups in total. The van der Waals surface area contributed by atoms with Crippen LogP contribution in [0.25, 0.3) is 11.2 Å². The lowest BCUT2D eigenvalue weighted by molar-refractivity contribution is 0.0991. The van der Waals surface area contributed by atoms with Gasteiger partial charge in [0.25, 0.3) is 5.91 Å². The molecule has 2 rings (SSSR count). The van der Waals surface area contributed by atoms with Gasteiger partial charge in [-0.05, 0) is 0 Å². The minimum absolute atomic E-state index is 0.0449. The van der Waals surface area contributed by atoms with Gasteiger partial charge in [-0.15, -0.1) is 0 Å². The molecule has 2 aromatic rings. The lowest BCUT2D eigenvalue weighted by atomic mass is 10.6. The van der Waals surface area contributed by atoms with E-state index in [-0.39, 0.29) is 11.8 Å². The van der Waals surface area contributed by atoms with Crippen LogP contribution in [0.3, 0.4) is 0 Å². The second-order valence-corrected chi connectivity index (χ2v) is 2.52. The molecule has 0 unspecified atom stereocenters. The number of aromatic nitrogens is 4. The van der Waals surface area contributed by atoms with E-state index in [1.165, 1.54) is 6.20 Å². The third-order valence-corrected chi connectivity index (χ3v) is 1.60. The fourth-order valence-electron chi connectivity index (χ4n) is 0.994. The van der Waals surface area contributed by atoms with Crippen molar-refractivity contribution in [2.75, 3.05) is 5.43 Å². The lowest BCUT2D eigenvalue weighted by Gasteiger charge is -1.94. The zero-order valence-electron chi connectivity index (χ0n) is 6.98. The van der Waals surface area contributed by atoms with E-state index in [9.17, 15) is 4.79 Å². The molecule has 0 aliphatic heterocycles. The normalized spacial score (nSPS) is 10.4. The molecule has 72 valence electrons. The predicted molar refractivity (Wildman–Crippen MR) is 48.0 cm³/mol. The number of hydrogen-bond acceptors (Lipinski definition) is 6. The molecule has 1 amide bonds. The second kappa shape index (κ2) is 2.92. The molecular weight excluding hydrogens is 186 g/mol. The van der Waals surface area contributed by atoms with Gasteiger partial charge in [0.15, 0.2) is 11.5 Å². The first-order valence-electron chi connectivity index (χ1n) is 3.70. The molecule has 0 saturated carbocycles. The molecule has 0 fully saturated rings. The SMILES string of the molecule is NNc1ncc2[nH]c(C(N)=O)nc2n1. The first-order valence-corrected chi connectivity index (χ1v) is 3.70. The summed E-state index contributed by atoms with van der Waals surface area (Å²) in [7, 11) is 0. The Morgan fingerprint density at radius 2 is 2.29 bits per heavy atom. The van der Waals surface area contributed by atoms with Gasteiger partial charge >= 0.3 is 0 Å². The number of nitrogen functional groups attached to an aromatic ring is 1. The summed E-state index contributed by atoms with van der Waals surface area (Å²) in [5, 5.41) is 0. The van der Waals surface area contributed by atoms with Crippen LogP contribution in [0.4, 0.5) is 5.95 Å². The van der Waals surface area contributed by atoms with E-state index in [0.29, 0.717) is 11.2 Å². The van der Waals surface area contributed by atoms with Crippen LogP contribution in [-0.4, -0.2) is 25.8 Å². The summed E-state index contributed by atoms with van der Waals surface area (Å²) in [5.74, 6) is 4.72. The Labute approximate surface area is 77.7 Å². The zero-order valence-corrected chi connectivity index (χ0v) is 6.98. The van der Waals surface area contributed by atoms with Crippen LogP contribution in [-0.2, 0) is 0 Å². The lowest BCUT2D eigenvalue weighted by Crippen LogP contribution is -2.12. The van der Waals surface area contributed by atoms with Gasteiger partial charge in [-0.3, -0.25) is 10.2 Å². The summed E-state index contributed by atoms with van der Waals surface area (Å²) in [6.07, 6.45) is 1.46. The van der Waals surface area contributed by atoms with E-state index < -0.39 is 5.91 Å². The molecule has 8 nitrogen and oxygen atoms in total. The van der Waals surface area contributed by atoms with Gasteiger partial charge in [0.1, 0.15) is 5.52 Å². The van der Waals surface area contributed by atoms with Crippen LogP contribution in [0.15, 0.2) is 6.20 Å². The summed E-state index contributed by atoms with van der Waals surface area (Å²) in [4.78, 5) is 25.0. The fraction of sp³-hybridized carbons (Fsp3) is 0. The Balaban J connectivity index is 2.60. The van der Waals surface area contributed by atoms with Crippen molar-refractivity contribution in [3.05, 3.63) is 12.0 Å². The molecular formula is C6H7N7O. The first-order chi connectivity index (χ1) is 6.70. The molecule has 0 aromatic carbocycles. The van der Waals surface area contributed by atoms with Gasteiger partial charge in [-0.1, -0.05) is 0 Å². The molecule has 0 aliphatic carbocycles. The Bertz CT molecular complexity index is 490. The number of imidazole rings is 1. The van der Waals surface area contributed by atoms with Crippen LogP contribution < -0.4 is 17.0 Å². The van der Waals surface area contributed by atoms with Crippen LogP contribution >= 0.6 is 0 Å². The highest BCUT2D eigenvalue weighted by atomic mass is 16.1. The number of amides is 1. The number of hydrogen-bond donors (Lipinski definition) is 4. The molecule has 0 spiro atoms. The maximum atomic E-state index is 10.8. The highest BCUT2D eigenvalue weighted by Gasteiger charge is 2.09. The summed E-state index contributed by atoms with van der Waals surface area (Å²) in [6, 6.07) is 0. The van der Waals surface area contributed by atoms with E-state index >= 15 is 0 Å². The molecule has 8 heteroatoms.